The van der Waals surface area contributed by atoms with Gasteiger partial charge < -0.3 is 14.7 Å². The minimum atomic E-state index is -0.587. The standard InChI is InChI=1S/C7H9NO3/c1-6(5-9)7(10)11-4-3-8-2/h5,9H,3-4H2,1H3. The number of hydrogen-bond donors (Lipinski definition) is 1. The number of carbonyl (C=O) groups excluding carboxylic acids is 1. The molecule has 60 valence electrons. The van der Waals surface area contributed by atoms with Crippen molar-refractivity contribution in [2.45, 2.75) is 6.92 Å². The van der Waals surface area contributed by atoms with E-state index in [1.807, 2.05) is 0 Å². The van der Waals surface area contributed by atoms with Crippen LogP contribution >= 0.6 is 0 Å². The molecule has 0 aliphatic heterocycles. The van der Waals surface area contributed by atoms with E-state index in [1.165, 1.54) is 6.92 Å². The number of aliphatic hydroxyl groups excluding tert-OH is 1. The number of rotatable bonds is 3. The van der Waals surface area contributed by atoms with Gasteiger partial charge in [-0.2, -0.15) is 0 Å². The van der Waals surface area contributed by atoms with Crippen LogP contribution in [-0.4, -0.2) is 24.2 Å². The Bertz CT molecular complexity index is 202. The third kappa shape index (κ3) is 3.98. The van der Waals surface area contributed by atoms with Crippen molar-refractivity contribution >= 4 is 5.97 Å². The van der Waals surface area contributed by atoms with Crippen LogP contribution in [0, 0.1) is 6.57 Å². The first-order valence-corrected chi connectivity index (χ1v) is 3.03. The van der Waals surface area contributed by atoms with Gasteiger partial charge in [0.15, 0.2) is 6.61 Å². The van der Waals surface area contributed by atoms with Crippen molar-refractivity contribution < 1.29 is 14.6 Å². The van der Waals surface area contributed by atoms with Crippen molar-refractivity contribution in [3.05, 3.63) is 23.3 Å². The molecule has 0 fully saturated rings. The van der Waals surface area contributed by atoms with Crippen LogP contribution < -0.4 is 0 Å². The van der Waals surface area contributed by atoms with E-state index in [-0.39, 0.29) is 18.7 Å². The minimum Gasteiger partial charge on any atom is -0.515 e. The second-order valence-electron chi connectivity index (χ2n) is 1.83. The number of hydrogen-bond acceptors (Lipinski definition) is 3. The van der Waals surface area contributed by atoms with E-state index in [0.717, 1.165) is 0 Å². The Morgan fingerprint density at radius 1 is 1.82 bits per heavy atom. The van der Waals surface area contributed by atoms with Crippen LogP contribution in [0.25, 0.3) is 4.85 Å². The summed E-state index contributed by atoms with van der Waals surface area (Å²) >= 11 is 0. The summed E-state index contributed by atoms with van der Waals surface area (Å²) in [7, 11) is 0. The van der Waals surface area contributed by atoms with Crippen molar-refractivity contribution in [1.29, 1.82) is 0 Å². The second-order valence-corrected chi connectivity index (χ2v) is 1.83. The first kappa shape index (κ1) is 9.50. The molecule has 0 amide bonds. The highest BCUT2D eigenvalue weighted by Crippen LogP contribution is 1.93. The Labute approximate surface area is 64.9 Å². The fraction of sp³-hybridized carbons (Fsp3) is 0.429. The first-order chi connectivity index (χ1) is 5.22. The summed E-state index contributed by atoms with van der Waals surface area (Å²) < 4.78 is 4.55. The third-order valence-electron chi connectivity index (χ3n) is 0.952. The Morgan fingerprint density at radius 3 is 2.91 bits per heavy atom. The zero-order chi connectivity index (χ0) is 8.69. The Hall–Kier alpha value is -1.50. The van der Waals surface area contributed by atoms with Crippen molar-refractivity contribution in [3.63, 3.8) is 0 Å². The lowest BCUT2D eigenvalue weighted by atomic mass is 10.3. The highest BCUT2D eigenvalue weighted by Gasteiger charge is 2.04. The van der Waals surface area contributed by atoms with E-state index in [0.29, 0.717) is 6.26 Å². The molecule has 0 atom stereocenters. The van der Waals surface area contributed by atoms with Crippen molar-refractivity contribution in [2.24, 2.45) is 0 Å². The quantitative estimate of drug-likeness (QED) is 0.217. The lowest BCUT2D eigenvalue weighted by molar-refractivity contribution is -0.138. The summed E-state index contributed by atoms with van der Waals surface area (Å²) in [5.74, 6) is -0.587. The maximum absolute atomic E-state index is 10.7. The number of esters is 1. The van der Waals surface area contributed by atoms with Gasteiger partial charge in [0.05, 0.1) is 11.8 Å². The number of ether oxygens (including phenoxy) is 1. The summed E-state index contributed by atoms with van der Waals surface area (Å²) in [6, 6.07) is 0. The van der Waals surface area contributed by atoms with Gasteiger partial charge in [0, 0.05) is 0 Å². The predicted octanol–water partition coefficient (Wildman–Crippen LogP) is 0.911. The molecule has 0 aromatic rings. The topological polar surface area (TPSA) is 50.9 Å². The molecule has 4 nitrogen and oxygen atoms in total. The maximum atomic E-state index is 10.7. The largest absolute Gasteiger partial charge is 0.515 e. The van der Waals surface area contributed by atoms with Crippen LogP contribution in [-0.2, 0) is 9.53 Å². The Morgan fingerprint density at radius 2 is 2.45 bits per heavy atom. The van der Waals surface area contributed by atoms with Crippen LogP contribution in [0.4, 0.5) is 0 Å². The molecule has 0 aromatic heterocycles. The Balaban J connectivity index is 3.64. The van der Waals surface area contributed by atoms with Gasteiger partial charge in [-0.05, 0) is 6.92 Å². The van der Waals surface area contributed by atoms with Gasteiger partial charge >= 0.3 is 5.97 Å². The maximum Gasteiger partial charge on any atom is 0.337 e. The van der Waals surface area contributed by atoms with Gasteiger partial charge in [-0.1, -0.05) is 0 Å². The molecular formula is C7H9NO3. The zero-order valence-corrected chi connectivity index (χ0v) is 6.20. The van der Waals surface area contributed by atoms with E-state index >= 15 is 0 Å². The monoisotopic (exact) mass is 155 g/mol. The summed E-state index contributed by atoms with van der Waals surface area (Å²) in [6.07, 6.45) is 0.681. The van der Waals surface area contributed by atoms with Gasteiger partial charge in [-0.25, -0.2) is 11.4 Å². The number of carbonyl (C=O) groups is 1. The first-order valence-electron chi connectivity index (χ1n) is 3.03. The summed E-state index contributed by atoms with van der Waals surface area (Å²) in [5.41, 5.74) is 0.134. The molecule has 0 aromatic carbocycles. The Kier molecular flexibility index (Phi) is 4.58. The fourth-order valence-corrected chi connectivity index (χ4v) is 0.351. The molecule has 0 aliphatic carbocycles. The van der Waals surface area contributed by atoms with Gasteiger partial charge in [0.25, 0.3) is 0 Å². The molecule has 11 heavy (non-hydrogen) atoms. The minimum absolute atomic E-state index is 0.0769. The average molecular weight is 155 g/mol. The molecule has 0 bridgehead atoms. The fourth-order valence-electron chi connectivity index (χ4n) is 0.351. The molecule has 0 radical (unpaired) electrons. The third-order valence-corrected chi connectivity index (χ3v) is 0.952. The normalized spacial score (nSPS) is 10.4. The molecule has 0 saturated carbocycles. The van der Waals surface area contributed by atoms with E-state index in [4.69, 9.17) is 11.7 Å². The van der Waals surface area contributed by atoms with Crippen molar-refractivity contribution in [1.82, 2.24) is 0 Å². The predicted molar refractivity (Wildman–Crippen MR) is 38.8 cm³/mol. The zero-order valence-electron chi connectivity index (χ0n) is 6.20. The van der Waals surface area contributed by atoms with E-state index in [2.05, 4.69) is 9.58 Å². The summed E-state index contributed by atoms with van der Waals surface area (Å²) in [6.45, 7) is 8.03. The molecular weight excluding hydrogens is 146 g/mol. The second kappa shape index (κ2) is 5.30. The molecule has 0 aliphatic rings. The smallest absolute Gasteiger partial charge is 0.337 e. The van der Waals surface area contributed by atoms with Crippen molar-refractivity contribution in [2.75, 3.05) is 13.2 Å². The van der Waals surface area contributed by atoms with Gasteiger partial charge in [-0.3, -0.25) is 0 Å². The van der Waals surface area contributed by atoms with Crippen LogP contribution in [0.1, 0.15) is 6.92 Å². The molecule has 0 spiro atoms. The van der Waals surface area contributed by atoms with Gasteiger partial charge in [0.1, 0.15) is 0 Å². The van der Waals surface area contributed by atoms with Gasteiger partial charge in [0.2, 0.25) is 6.54 Å². The number of aliphatic hydroxyl groups is 1. The SMILES string of the molecule is [C-]#[N+]CCOC(=O)C(C)=CO. The molecule has 0 rings (SSSR count). The molecule has 0 saturated heterocycles. The highest BCUT2D eigenvalue weighted by molar-refractivity contribution is 5.87. The van der Waals surface area contributed by atoms with E-state index in [1.54, 1.807) is 0 Å². The molecule has 4 heteroatoms. The molecule has 0 unspecified atom stereocenters. The number of nitrogens with zero attached hydrogens (tertiary/aromatic N) is 1. The summed E-state index contributed by atoms with van der Waals surface area (Å²) in [5, 5.41) is 8.34. The lowest BCUT2D eigenvalue weighted by Crippen LogP contribution is -2.08. The van der Waals surface area contributed by atoms with Crippen LogP contribution in [0.5, 0.6) is 0 Å². The van der Waals surface area contributed by atoms with Crippen LogP contribution in [0.15, 0.2) is 11.8 Å². The van der Waals surface area contributed by atoms with Crippen LogP contribution in [0.3, 0.4) is 0 Å². The average Bonchev–Trinajstić information content (AvgIpc) is 2.03. The highest BCUT2D eigenvalue weighted by atomic mass is 16.5. The van der Waals surface area contributed by atoms with E-state index < -0.39 is 5.97 Å². The lowest BCUT2D eigenvalue weighted by Gasteiger charge is -1.98. The molecule has 1 N–H and O–H groups in total. The molecule has 0 heterocycles. The van der Waals surface area contributed by atoms with E-state index in [9.17, 15) is 4.79 Å². The van der Waals surface area contributed by atoms with Gasteiger partial charge in [-0.15, -0.1) is 0 Å². The van der Waals surface area contributed by atoms with Crippen molar-refractivity contribution in [3.8, 4) is 0 Å². The van der Waals surface area contributed by atoms with Crippen LogP contribution in [0.2, 0.25) is 0 Å². The summed E-state index contributed by atoms with van der Waals surface area (Å²) in [4.78, 5) is 13.7.